The summed E-state index contributed by atoms with van der Waals surface area (Å²) in [5.41, 5.74) is 0.279. The van der Waals surface area contributed by atoms with Gasteiger partial charge in [0.15, 0.2) is 11.5 Å². The lowest BCUT2D eigenvalue weighted by Gasteiger charge is -2.34. The Morgan fingerprint density at radius 1 is 1.21 bits per heavy atom. The van der Waals surface area contributed by atoms with Crippen molar-refractivity contribution in [2.24, 2.45) is 5.92 Å². The van der Waals surface area contributed by atoms with Crippen molar-refractivity contribution >= 4 is 11.8 Å². The molecule has 2 amide bonds. The van der Waals surface area contributed by atoms with Crippen LogP contribution in [0.15, 0.2) is 18.2 Å². The van der Waals surface area contributed by atoms with E-state index in [0.29, 0.717) is 57.2 Å². The van der Waals surface area contributed by atoms with Crippen molar-refractivity contribution in [3.63, 3.8) is 0 Å². The highest BCUT2D eigenvalue weighted by Crippen LogP contribution is 2.32. The second-order valence-corrected chi connectivity index (χ2v) is 8.15. The van der Waals surface area contributed by atoms with Gasteiger partial charge in [0, 0.05) is 19.5 Å². The first-order valence-electron chi connectivity index (χ1n) is 10.8. The molecule has 6 heteroatoms. The van der Waals surface area contributed by atoms with E-state index in [2.05, 4.69) is 19.2 Å². The molecule has 1 aliphatic rings. The average molecular weight is 405 g/mol. The standard InChI is InChI=1S/C23H36N2O4/c1-6-28-19-9-8-18(16-20(19)29-7-2)12-15-25-21(26)10-13-23(25,5)22(27)24-14-11-17(3)4/h8-9,16-17H,6-7,10-15H2,1-5H3,(H,24,27). The van der Waals surface area contributed by atoms with Gasteiger partial charge in [0.2, 0.25) is 11.8 Å². The number of likely N-dealkylation sites (tertiary alicyclic amines) is 1. The zero-order valence-electron chi connectivity index (χ0n) is 18.5. The van der Waals surface area contributed by atoms with E-state index in [0.717, 1.165) is 17.7 Å². The van der Waals surface area contributed by atoms with Crippen LogP contribution >= 0.6 is 0 Å². The van der Waals surface area contributed by atoms with E-state index >= 15 is 0 Å². The van der Waals surface area contributed by atoms with Crippen LogP contribution in [-0.4, -0.2) is 48.6 Å². The maximum Gasteiger partial charge on any atom is 0.245 e. The van der Waals surface area contributed by atoms with E-state index in [1.54, 1.807) is 4.90 Å². The zero-order chi connectivity index (χ0) is 21.4. The molecule has 1 aromatic rings. The fourth-order valence-corrected chi connectivity index (χ4v) is 3.66. The summed E-state index contributed by atoms with van der Waals surface area (Å²) >= 11 is 0. The van der Waals surface area contributed by atoms with Gasteiger partial charge in [-0.15, -0.1) is 0 Å². The Morgan fingerprint density at radius 3 is 2.55 bits per heavy atom. The summed E-state index contributed by atoms with van der Waals surface area (Å²) in [6.07, 6.45) is 2.57. The highest BCUT2D eigenvalue weighted by molar-refractivity contribution is 5.94. The first-order chi connectivity index (χ1) is 13.8. The highest BCUT2D eigenvalue weighted by Gasteiger charge is 2.46. The quantitative estimate of drug-likeness (QED) is 0.612. The zero-order valence-corrected chi connectivity index (χ0v) is 18.5. The lowest BCUT2D eigenvalue weighted by Crippen LogP contribution is -2.55. The third-order valence-corrected chi connectivity index (χ3v) is 5.45. The Bertz CT molecular complexity index is 704. The maximum atomic E-state index is 12.8. The Labute approximate surface area is 174 Å². The van der Waals surface area contributed by atoms with Crippen molar-refractivity contribution in [3.8, 4) is 11.5 Å². The lowest BCUT2D eigenvalue weighted by atomic mass is 9.96. The molecule has 0 bridgehead atoms. The van der Waals surface area contributed by atoms with Gasteiger partial charge in [0.05, 0.1) is 13.2 Å². The van der Waals surface area contributed by atoms with Gasteiger partial charge in [-0.1, -0.05) is 19.9 Å². The molecule has 1 aliphatic heterocycles. The van der Waals surface area contributed by atoms with Crippen molar-refractivity contribution in [3.05, 3.63) is 23.8 Å². The maximum absolute atomic E-state index is 12.8. The van der Waals surface area contributed by atoms with Crippen LogP contribution in [0.4, 0.5) is 0 Å². The molecule has 1 aromatic carbocycles. The summed E-state index contributed by atoms with van der Waals surface area (Å²) < 4.78 is 11.3. The van der Waals surface area contributed by atoms with Crippen LogP contribution < -0.4 is 14.8 Å². The largest absolute Gasteiger partial charge is 0.490 e. The number of carbonyl (C=O) groups excluding carboxylic acids is 2. The molecule has 6 nitrogen and oxygen atoms in total. The summed E-state index contributed by atoms with van der Waals surface area (Å²) in [4.78, 5) is 27.1. The molecule has 1 unspecified atom stereocenters. The molecule has 0 radical (unpaired) electrons. The molecule has 2 rings (SSSR count). The van der Waals surface area contributed by atoms with E-state index in [1.807, 2.05) is 39.0 Å². The van der Waals surface area contributed by atoms with Crippen LogP contribution in [-0.2, 0) is 16.0 Å². The van der Waals surface area contributed by atoms with E-state index in [-0.39, 0.29) is 11.8 Å². The lowest BCUT2D eigenvalue weighted by molar-refractivity contribution is -0.140. The smallest absolute Gasteiger partial charge is 0.245 e. The summed E-state index contributed by atoms with van der Waals surface area (Å²) in [5, 5.41) is 3.02. The van der Waals surface area contributed by atoms with Crippen molar-refractivity contribution in [1.82, 2.24) is 10.2 Å². The minimum absolute atomic E-state index is 0.0440. The average Bonchev–Trinajstić information content (AvgIpc) is 2.97. The fourth-order valence-electron chi connectivity index (χ4n) is 3.66. The third kappa shape index (κ3) is 5.87. The van der Waals surface area contributed by atoms with E-state index in [9.17, 15) is 9.59 Å². The van der Waals surface area contributed by atoms with Crippen molar-refractivity contribution in [2.75, 3.05) is 26.3 Å². The molecular formula is C23H36N2O4. The van der Waals surface area contributed by atoms with E-state index in [1.165, 1.54) is 0 Å². The summed E-state index contributed by atoms with van der Waals surface area (Å²) in [7, 11) is 0. The van der Waals surface area contributed by atoms with Crippen LogP contribution in [0.25, 0.3) is 0 Å². The molecule has 1 saturated heterocycles. The van der Waals surface area contributed by atoms with E-state index in [4.69, 9.17) is 9.47 Å². The molecule has 0 saturated carbocycles. The Hall–Kier alpha value is -2.24. The number of benzene rings is 1. The normalized spacial score (nSPS) is 19.0. The monoisotopic (exact) mass is 404 g/mol. The molecule has 0 aliphatic carbocycles. The number of carbonyl (C=O) groups is 2. The van der Waals surface area contributed by atoms with Gasteiger partial charge in [0.25, 0.3) is 0 Å². The number of ether oxygens (including phenoxy) is 2. The van der Waals surface area contributed by atoms with Crippen LogP contribution in [0.1, 0.15) is 59.4 Å². The van der Waals surface area contributed by atoms with E-state index < -0.39 is 5.54 Å². The van der Waals surface area contributed by atoms with Crippen molar-refractivity contribution < 1.29 is 19.1 Å². The van der Waals surface area contributed by atoms with Gasteiger partial charge in [-0.05, 0) is 63.6 Å². The van der Waals surface area contributed by atoms with Gasteiger partial charge in [-0.2, -0.15) is 0 Å². The van der Waals surface area contributed by atoms with Crippen LogP contribution in [0.3, 0.4) is 0 Å². The number of rotatable bonds is 11. The van der Waals surface area contributed by atoms with Crippen molar-refractivity contribution in [2.45, 2.75) is 65.8 Å². The number of hydrogen-bond donors (Lipinski definition) is 1. The first kappa shape index (κ1) is 23.0. The number of nitrogens with one attached hydrogen (secondary N) is 1. The molecule has 0 aromatic heterocycles. The molecule has 0 spiro atoms. The summed E-state index contributed by atoms with van der Waals surface area (Å²) in [6.45, 7) is 12.3. The van der Waals surface area contributed by atoms with Gasteiger partial charge in [-0.3, -0.25) is 9.59 Å². The minimum Gasteiger partial charge on any atom is -0.490 e. The second-order valence-electron chi connectivity index (χ2n) is 8.15. The van der Waals surface area contributed by atoms with Gasteiger partial charge in [0.1, 0.15) is 5.54 Å². The fraction of sp³-hybridized carbons (Fsp3) is 0.652. The Balaban J connectivity index is 2.06. The first-order valence-corrected chi connectivity index (χ1v) is 10.8. The SMILES string of the molecule is CCOc1ccc(CCN2C(=O)CCC2(C)C(=O)NCCC(C)C)cc1OCC. The van der Waals surface area contributed by atoms with Gasteiger partial charge >= 0.3 is 0 Å². The number of hydrogen-bond acceptors (Lipinski definition) is 4. The van der Waals surface area contributed by atoms with Gasteiger partial charge in [-0.25, -0.2) is 0 Å². The second kappa shape index (κ2) is 10.5. The molecular weight excluding hydrogens is 368 g/mol. The topological polar surface area (TPSA) is 67.9 Å². The Kier molecular flexibility index (Phi) is 8.35. The van der Waals surface area contributed by atoms with Crippen molar-refractivity contribution in [1.29, 1.82) is 0 Å². The van der Waals surface area contributed by atoms with Gasteiger partial charge < -0.3 is 19.7 Å². The third-order valence-electron chi connectivity index (χ3n) is 5.45. The summed E-state index contributed by atoms with van der Waals surface area (Å²) in [6, 6.07) is 5.87. The predicted octanol–water partition coefficient (Wildman–Crippen LogP) is 3.57. The molecule has 29 heavy (non-hydrogen) atoms. The van der Waals surface area contributed by atoms with Crippen LogP contribution in [0, 0.1) is 5.92 Å². The molecule has 1 fully saturated rings. The molecule has 1 heterocycles. The highest BCUT2D eigenvalue weighted by atomic mass is 16.5. The minimum atomic E-state index is -0.776. The Morgan fingerprint density at radius 2 is 1.90 bits per heavy atom. The molecule has 1 N–H and O–H groups in total. The predicted molar refractivity (Wildman–Crippen MR) is 114 cm³/mol. The summed E-state index contributed by atoms with van der Waals surface area (Å²) in [5.74, 6) is 1.97. The van der Waals surface area contributed by atoms with Crippen LogP contribution in [0.5, 0.6) is 11.5 Å². The molecule has 1 atom stereocenters. The number of nitrogens with zero attached hydrogens (tertiary/aromatic N) is 1. The molecule has 162 valence electrons. The van der Waals surface area contributed by atoms with Crippen LogP contribution in [0.2, 0.25) is 0 Å². The number of amides is 2.